The minimum absolute atomic E-state index is 0.000452. The second-order valence-corrected chi connectivity index (χ2v) is 9.29. The Morgan fingerprint density at radius 2 is 1.67 bits per heavy atom. The van der Waals surface area contributed by atoms with Crippen LogP contribution in [0.5, 0.6) is 0 Å². The third-order valence-electron chi connectivity index (χ3n) is 5.44. The van der Waals surface area contributed by atoms with Crippen molar-refractivity contribution in [3.05, 3.63) is 85.6 Å². The molecule has 0 bridgehead atoms. The van der Waals surface area contributed by atoms with E-state index in [0.717, 1.165) is 22.6 Å². The highest BCUT2D eigenvalue weighted by Crippen LogP contribution is 2.31. The number of amides is 2. The second kappa shape index (κ2) is 8.95. The fourth-order valence-corrected chi connectivity index (χ4v) is 4.68. The SMILES string of the molecule is Cc1ccc(N2C(=O)/C(=C/c3cc(C)n(-c4ccc(Cl)cc4Cl)c3C)C(=O)NC2=S)cc1Cl. The van der Waals surface area contributed by atoms with E-state index in [1.54, 1.807) is 36.4 Å². The number of hydrogen-bond donors (Lipinski definition) is 1. The molecule has 0 spiro atoms. The topological polar surface area (TPSA) is 54.3 Å². The summed E-state index contributed by atoms with van der Waals surface area (Å²) in [5, 5.41) is 4.11. The minimum Gasteiger partial charge on any atom is -0.316 e. The molecule has 9 heteroatoms. The number of halogens is 3. The zero-order chi connectivity index (χ0) is 24.0. The van der Waals surface area contributed by atoms with E-state index in [2.05, 4.69) is 5.32 Å². The Hall–Kier alpha value is -2.64. The summed E-state index contributed by atoms with van der Waals surface area (Å²) in [7, 11) is 0. The van der Waals surface area contributed by atoms with Crippen molar-refractivity contribution >= 4 is 75.7 Å². The molecule has 0 radical (unpaired) electrons. The average molecular weight is 519 g/mol. The highest BCUT2D eigenvalue weighted by Gasteiger charge is 2.35. The van der Waals surface area contributed by atoms with Crippen LogP contribution in [0, 0.1) is 20.8 Å². The molecule has 1 N–H and O–H groups in total. The molecule has 0 atom stereocenters. The number of anilines is 1. The van der Waals surface area contributed by atoms with E-state index in [9.17, 15) is 9.59 Å². The van der Waals surface area contributed by atoms with Crippen LogP contribution >= 0.6 is 47.0 Å². The van der Waals surface area contributed by atoms with E-state index < -0.39 is 11.8 Å². The van der Waals surface area contributed by atoms with Gasteiger partial charge in [0.15, 0.2) is 5.11 Å². The van der Waals surface area contributed by atoms with Crippen molar-refractivity contribution in [2.24, 2.45) is 0 Å². The van der Waals surface area contributed by atoms with Crippen molar-refractivity contribution < 1.29 is 9.59 Å². The first kappa shape index (κ1) is 23.5. The Balaban J connectivity index is 1.78. The Bertz CT molecular complexity index is 1380. The monoisotopic (exact) mass is 517 g/mol. The summed E-state index contributed by atoms with van der Waals surface area (Å²) in [5.41, 5.74) is 4.44. The number of benzene rings is 2. The molecule has 1 aliphatic rings. The number of aromatic nitrogens is 1. The second-order valence-electron chi connectivity index (χ2n) is 7.65. The van der Waals surface area contributed by atoms with Crippen molar-refractivity contribution in [1.82, 2.24) is 9.88 Å². The molecule has 2 heterocycles. The highest BCUT2D eigenvalue weighted by molar-refractivity contribution is 7.80. The molecule has 1 fully saturated rings. The lowest BCUT2D eigenvalue weighted by atomic mass is 10.1. The molecule has 5 nitrogen and oxygen atoms in total. The third kappa shape index (κ3) is 4.32. The van der Waals surface area contributed by atoms with Gasteiger partial charge in [-0.1, -0.05) is 40.9 Å². The molecule has 2 amide bonds. The lowest BCUT2D eigenvalue weighted by Gasteiger charge is -2.29. The van der Waals surface area contributed by atoms with Crippen LogP contribution in [0.2, 0.25) is 15.1 Å². The maximum absolute atomic E-state index is 13.3. The first-order valence-electron chi connectivity index (χ1n) is 9.90. The van der Waals surface area contributed by atoms with Crippen LogP contribution in [0.15, 0.2) is 48.0 Å². The van der Waals surface area contributed by atoms with Crippen LogP contribution in [0.4, 0.5) is 5.69 Å². The summed E-state index contributed by atoms with van der Waals surface area (Å²) in [6, 6.07) is 12.3. The summed E-state index contributed by atoms with van der Waals surface area (Å²) >= 11 is 24.0. The Kier molecular flexibility index (Phi) is 6.38. The van der Waals surface area contributed by atoms with Crippen LogP contribution in [0.25, 0.3) is 11.8 Å². The Labute approximate surface area is 211 Å². The molecule has 33 heavy (non-hydrogen) atoms. The van der Waals surface area contributed by atoms with Gasteiger partial charge < -0.3 is 4.57 Å². The predicted octanol–water partition coefficient (Wildman–Crippen LogP) is 6.19. The van der Waals surface area contributed by atoms with E-state index in [-0.39, 0.29) is 10.7 Å². The molecule has 3 aromatic rings. The van der Waals surface area contributed by atoms with Crippen molar-refractivity contribution in [2.45, 2.75) is 20.8 Å². The molecule has 0 aliphatic carbocycles. The quantitative estimate of drug-likeness (QED) is 0.255. The van der Waals surface area contributed by atoms with Gasteiger partial charge in [0.25, 0.3) is 11.8 Å². The van der Waals surface area contributed by atoms with Crippen LogP contribution in [-0.2, 0) is 9.59 Å². The molecule has 168 valence electrons. The number of rotatable bonds is 3. The number of aryl methyl sites for hydroxylation is 2. The van der Waals surface area contributed by atoms with Gasteiger partial charge >= 0.3 is 0 Å². The summed E-state index contributed by atoms with van der Waals surface area (Å²) in [5.74, 6) is -1.09. The number of nitrogens with one attached hydrogen (secondary N) is 1. The summed E-state index contributed by atoms with van der Waals surface area (Å²) < 4.78 is 1.94. The molecule has 2 aromatic carbocycles. The fraction of sp³-hybridized carbons (Fsp3) is 0.125. The maximum Gasteiger partial charge on any atom is 0.270 e. The summed E-state index contributed by atoms with van der Waals surface area (Å²) in [6.07, 6.45) is 1.56. The zero-order valence-electron chi connectivity index (χ0n) is 17.9. The van der Waals surface area contributed by atoms with Gasteiger partial charge in [-0.25, -0.2) is 0 Å². The molecular weight excluding hydrogens is 501 g/mol. The van der Waals surface area contributed by atoms with E-state index in [1.165, 1.54) is 4.90 Å². The number of carbonyl (C=O) groups is 2. The normalized spacial score (nSPS) is 15.4. The van der Waals surface area contributed by atoms with Crippen LogP contribution in [0.3, 0.4) is 0 Å². The molecule has 1 saturated heterocycles. The number of thiocarbonyl (C=S) groups is 1. The van der Waals surface area contributed by atoms with Crippen molar-refractivity contribution in [1.29, 1.82) is 0 Å². The van der Waals surface area contributed by atoms with Gasteiger partial charge in [0.1, 0.15) is 5.57 Å². The van der Waals surface area contributed by atoms with Gasteiger partial charge in [-0.05, 0) is 86.6 Å². The van der Waals surface area contributed by atoms with Gasteiger partial charge in [0.05, 0.1) is 16.4 Å². The lowest BCUT2D eigenvalue weighted by Crippen LogP contribution is -2.54. The molecule has 1 aliphatic heterocycles. The first-order valence-corrected chi connectivity index (χ1v) is 11.4. The van der Waals surface area contributed by atoms with Crippen LogP contribution in [0.1, 0.15) is 22.5 Å². The molecule has 0 unspecified atom stereocenters. The molecular formula is C24H18Cl3N3O2S. The molecule has 0 saturated carbocycles. The van der Waals surface area contributed by atoms with E-state index >= 15 is 0 Å². The van der Waals surface area contributed by atoms with Gasteiger partial charge in [0.2, 0.25) is 0 Å². The standard InChI is InChI=1S/C24H18Cl3N3O2S/c1-12-4-6-17(11-19(12)26)30-23(32)18(22(31)28-24(30)33)9-15-8-13(2)29(14(15)3)21-7-5-16(25)10-20(21)27/h4-11H,1-3H3,(H,28,31,33)/b18-9+. The lowest BCUT2D eigenvalue weighted by molar-refractivity contribution is -0.122. The zero-order valence-corrected chi connectivity index (χ0v) is 21.0. The van der Waals surface area contributed by atoms with E-state index in [4.69, 9.17) is 47.0 Å². The van der Waals surface area contributed by atoms with Gasteiger partial charge in [0, 0.05) is 21.4 Å². The maximum atomic E-state index is 13.3. The minimum atomic E-state index is -0.561. The fourth-order valence-electron chi connectivity index (χ4n) is 3.74. The van der Waals surface area contributed by atoms with Gasteiger partial charge in [-0.3, -0.25) is 19.8 Å². The van der Waals surface area contributed by atoms with E-state index in [0.29, 0.717) is 26.3 Å². The summed E-state index contributed by atoms with van der Waals surface area (Å²) in [4.78, 5) is 27.3. The largest absolute Gasteiger partial charge is 0.316 e. The van der Waals surface area contributed by atoms with Crippen molar-refractivity contribution in [2.75, 3.05) is 4.90 Å². The Morgan fingerprint density at radius 1 is 0.939 bits per heavy atom. The number of nitrogens with zero attached hydrogens (tertiary/aromatic N) is 2. The number of carbonyl (C=O) groups excluding carboxylic acids is 2. The van der Waals surface area contributed by atoms with Crippen LogP contribution in [-0.4, -0.2) is 21.5 Å². The average Bonchev–Trinajstić information content (AvgIpc) is 3.01. The summed E-state index contributed by atoms with van der Waals surface area (Å²) in [6.45, 7) is 5.66. The van der Waals surface area contributed by atoms with Crippen molar-refractivity contribution in [3.63, 3.8) is 0 Å². The Morgan fingerprint density at radius 3 is 2.33 bits per heavy atom. The van der Waals surface area contributed by atoms with Crippen LogP contribution < -0.4 is 10.2 Å². The number of hydrogen-bond acceptors (Lipinski definition) is 3. The molecule has 4 rings (SSSR count). The van der Waals surface area contributed by atoms with Gasteiger partial charge in [-0.15, -0.1) is 0 Å². The first-order chi connectivity index (χ1) is 15.6. The third-order valence-corrected chi connectivity index (χ3v) is 6.67. The predicted molar refractivity (Wildman–Crippen MR) is 138 cm³/mol. The van der Waals surface area contributed by atoms with Crippen molar-refractivity contribution in [3.8, 4) is 5.69 Å². The van der Waals surface area contributed by atoms with E-state index in [1.807, 2.05) is 37.5 Å². The highest BCUT2D eigenvalue weighted by atomic mass is 35.5. The molecule has 1 aromatic heterocycles. The smallest absolute Gasteiger partial charge is 0.270 e. The van der Waals surface area contributed by atoms with Gasteiger partial charge in [-0.2, -0.15) is 0 Å².